The van der Waals surface area contributed by atoms with Gasteiger partial charge in [0.05, 0.1) is 23.2 Å². The Bertz CT molecular complexity index is 1230. The molecule has 0 unspecified atom stereocenters. The van der Waals surface area contributed by atoms with Crippen molar-refractivity contribution in [3.8, 4) is 0 Å². The molecule has 30 heavy (non-hydrogen) atoms. The Morgan fingerprint density at radius 1 is 1.33 bits per heavy atom. The zero-order chi connectivity index (χ0) is 21.6. The number of carbonyl (C=O) groups is 1. The highest BCUT2D eigenvalue weighted by Gasteiger charge is 2.29. The van der Waals surface area contributed by atoms with Crippen LogP contribution in [0.1, 0.15) is 65.2 Å². The number of carbonyl (C=O) groups excluding carboxylic acids is 1. The van der Waals surface area contributed by atoms with E-state index in [-0.39, 0.29) is 28.4 Å². The minimum absolute atomic E-state index is 0.156. The molecule has 1 aliphatic carbocycles. The van der Waals surface area contributed by atoms with Crippen molar-refractivity contribution in [2.24, 2.45) is 0 Å². The van der Waals surface area contributed by atoms with Crippen molar-refractivity contribution in [2.45, 2.75) is 59.0 Å². The lowest BCUT2D eigenvalue weighted by Gasteiger charge is -2.19. The van der Waals surface area contributed by atoms with Crippen LogP contribution in [0.15, 0.2) is 20.2 Å². The number of hydrogen-bond donors (Lipinski definition) is 1. The summed E-state index contributed by atoms with van der Waals surface area (Å²) >= 11 is 0. The van der Waals surface area contributed by atoms with E-state index in [1.165, 1.54) is 9.47 Å². The molecule has 0 aromatic carbocycles. The molecule has 4 rings (SSSR count). The number of pyridine rings is 1. The molecule has 0 atom stereocenters. The Hall–Kier alpha value is -3.23. The molecule has 158 valence electrons. The molecular formula is C21H25N5O4. The van der Waals surface area contributed by atoms with Gasteiger partial charge >= 0.3 is 5.69 Å². The lowest BCUT2D eigenvalue weighted by atomic mass is 10.1. The van der Waals surface area contributed by atoms with E-state index in [9.17, 15) is 14.4 Å². The molecule has 9 nitrogen and oxygen atoms in total. The van der Waals surface area contributed by atoms with Crippen molar-refractivity contribution in [2.75, 3.05) is 7.05 Å². The smallest absolute Gasteiger partial charge is 0.329 e. The average Bonchev–Trinajstić information content (AvgIpc) is 3.52. The summed E-state index contributed by atoms with van der Waals surface area (Å²) in [6.07, 6.45) is 2.68. The second-order valence-corrected chi connectivity index (χ2v) is 7.94. The lowest BCUT2D eigenvalue weighted by Crippen LogP contribution is -2.34. The van der Waals surface area contributed by atoms with Crippen LogP contribution in [-0.4, -0.2) is 37.5 Å². The third kappa shape index (κ3) is 3.44. The summed E-state index contributed by atoms with van der Waals surface area (Å²) in [5.74, 6) is 0.606. The Morgan fingerprint density at radius 3 is 2.67 bits per heavy atom. The van der Waals surface area contributed by atoms with Gasteiger partial charge in [-0.25, -0.2) is 9.78 Å². The normalized spacial score (nSPS) is 13.7. The van der Waals surface area contributed by atoms with E-state index in [1.54, 1.807) is 20.0 Å². The molecule has 1 saturated carbocycles. The van der Waals surface area contributed by atoms with Gasteiger partial charge in [-0.3, -0.25) is 19.1 Å². The quantitative estimate of drug-likeness (QED) is 0.665. The van der Waals surface area contributed by atoms with Crippen LogP contribution < -0.4 is 11.2 Å². The Kier molecular flexibility index (Phi) is 5.05. The number of aromatic nitrogens is 4. The fourth-order valence-electron chi connectivity index (χ4n) is 3.72. The van der Waals surface area contributed by atoms with E-state index in [4.69, 9.17) is 4.52 Å². The van der Waals surface area contributed by atoms with Gasteiger partial charge in [-0.05, 0) is 39.2 Å². The van der Waals surface area contributed by atoms with Crippen LogP contribution in [-0.2, 0) is 13.1 Å². The number of hydrogen-bond acceptors (Lipinski definition) is 6. The van der Waals surface area contributed by atoms with Gasteiger partial charge in [-0.2, -0.15) is 0 Å². The first-order valence-electron chi connectivity index (χ1n) is 10.2. The fraction of sp³-hybridized carbons (Fsp3) is 0.476. The molecule has 3 aromatic heterocycles. The third-order valence-corrected chi connectivity index (χ3v) is 5.56. The maximum Gasteiger partial charge on any atom is 0.329 e. The number of aryl methyl sites for hydroxylation is 3. The molecule has 1 amide bonds. The molecule has 9 heteroatoms. The van der Waals surface area contributed by atoms with Crippen LogP contribution in [0.3, 0.4) is 0 Å². The van der Waals surface area contributed by atoms with Crippen LogP contribution in [0.25, 0.3) is 11.0 Å². The minimum atomic E-state index is -0.591. The summed E-state index contributed by atoms with van der Waals surface area (Å²) in [6, 6.07) is 1.71. The van der Waals surface area contributed by atoms with Gasteiger partial charge in [0.25, 0.3) is 11.5 Å². The number of fused-ring (bicyclic) bond motifs is 1. The van der Waals surface area contributed by atoms with E-state index in [1.807, 2.05) is 13.8 Å². The van der Waals surface area contributed by atoms with Gasteiger partial charge in [0.2, 0.25) is 0 Å². The Morgan fingerprint density at radius 2 is 2.07 bits per heavy atom. The summed E-state index contributed by atoms with van der Waals surface area (Å²) in [4.78, 5) is 47.0. The van der Waals surface area contributed by atoms with Crippen LogP contribution >= 0.6 is 0 Å². The first-order valence-corrected chi connectivity index (χ1v) is 10.2. The molecule has 0 spiro atoms. The number of aromatic amines is 1. The minimum Gasteiger partial charge on any atom is -0.361 e. The van der Waals surface area contributed by atoms with Crippen molar-refractivity contribution in [3.05, 3.63) is 55.2 Å². The summed E-state index contributed by atoms with van der Waals surface area (Å²) in [5, 5.41) is 4.09. The van der Waals surface area contributed by atoms with Gasteiger partial charge in [-0.1, -0.05) is 12.1 Å². The number of rotatable bonds is 6. The number of amides is 1. The first-order chi connectivity index (χ1) is 14.3. The molecule has 0 aliphatic heterocycles. The van der Waals surface area contributed by atoms with E-state index >= 15 is 0 Å². The van der Waals surface area contributed by atoms with Gasteiger partial charge in [0.1, 0.15) is 5.76 Å². The zero-order valence-electron chi connectivity index (χ0n) is 17.6. The molecule has 1 fully saturated rings. The second-order valence-electron chi connectivity index (χ2n) is 7.94. The Balaban J connectivity index is 1.86. The van der Waals surface area contributed by atoms with E-state index < -0.39 is 11.2 Å². The summed E-state index contributed by atoms with van der Waals surface area (Å²) in [6.45, 7) is 6.28. The second kappa shape index (κ2) is 7.55. The first kappa shape index (κ1) is 20.1. The number of H-pyrrole nitrogens is 1. The van der Waals surface area contributed by atoms with Crippen LogP contribution in [0.5, 0.6) is 0 Å². The molecule has 0 bridgehead atoms. The van der Waals surface area contributed by atoms with Gasteiger partial charge < -0.3 is 9.42 Å². The topological polar surface area (TPSA) is 114 Å². The maximum absolute atomic E-state index is 13.4. The molecule has 3 heterocycles. The van der Waals surface area contributed by atoms with Crippen molar-refractivity contribution in [1.29, 1.82) is 0 Å². The summed E-state index contributed by atoms with van der Waals surface area (Å²) in [7, 11) is 1.67. The standard InChI is InChI=1S/C21H25N5O4/c1-5-8-26-18-17(19(27)23-21(26)29)14(9-16(22-18)13-6-7-13)20(28)25(4)10-15-11(2)24-30-12(15)3/h9,13H,5-8,10H2,1-4H3,(H,23,27,29). The number of nitrogens with zero attached hydrogens (tertiary/aromatic N) is 4. The highest BCUT2D eigenvalue weighted by Crippen LogP contribution is 2.40. The highest BCUT2D eigenvalue weighted by atomic mass is 16.5. The van der Waals surface area contributed by atoms with Crippen LogP contribution in [0, 0.1) is 13.8 Å². The summed E-state index contributed by atoms with van der Waals surface area (Å²) < 4.78 is 6.65. The van der Waals surface area contributed by atoms with Gasteiger partial charge in [-0.15, -0.1) is 0 Å². The zero-order valence-corrected chi connectivity index (χ0v) is 17.6. The fourth-order valence-corrected chi connectivity index (χ4v) is 3.72. The van der Waals surface area contributed by atoms with Crippen LogP contribution in [0.4, 0.5) is 0 Å². The predicted octanol–water partition coefficient (Wildman–Crippen LogP) is 2.25. The lowest BCUT2D eigenvalue weighted by molar-refractivity contribution is 0.0786. The van der Waals surface area contributed by atoms with Crippen molar-refractivity contribution in [1.82, 2.24) is 24.6 Å². The predicted molar refractivity (Wildman–Crippen MR) is 111 cm³/mol. The van der Waals surface area contributed by atoms with E-state index in [0.717, 1.165) is 29.8 Å². The SMILES string of the molecule is CCCn1c(=O)[nH]c(=O)c2c(C(=O)N(C)Cc3c(C)noc3C)cc(C3CC3)nc21. The van der Waals surface area contributed by atoms with Gasteiger partial charge in [0.15, 0.2) is 5.65 Å². The summed E-state index contributed by atoms with van der Waals surface area (Å²) in [5.41, 5.74) is 1.77. The largest absolute Gasteiger partial charge is 0.361 e. The highest BCUT2D eigenvalue weighted by molar-refractivity contribution is 6.05. The van der Waals surface area contributed by atoms with Crippen molar-refractivity contribution in [3.63, 3.8) is 0 Å². The third-order valence-electron chi connectivity index (χ3n) is 5.56. The monoisotopic (exact) mass is 411 g/mol. The molecule has 1 N–H and O–H groups in total. The molecule has 0 saturated heterocycles. The van der Waals surface area contributed by atoms with E-state index in [2.05, 4.69) is 15.1 Å². The van der Waals surface area contributed by atoms with Crippen LogP contribution in [0.2, 0.25) is 0 Å². The van der Waals surface area contributed by atoms with E-state index in [0.29, 0.717) is 25.3 Å². The molecule has 0 radical (unpaired) electrons. The van der Waals surface area contributed by atoms with Gasteiger partial charge in [0, 0.05) is 30.8 Å². The number of nitrogens with one attached hydrogen (secondary N) is 1. The molecule has 3 aromatic rings. The average molecular weight is 411 g/mol. The Labute approximate surface area is 172 Å². The molecule has 1 aliphatic rings. The van der Waals surface area contributed by atoms with Crippen molar-refractivity contribution >= 4 is 16.9 Å². The van der Waals surface area contributed by atoms with Crippen molar-refractivity contribution < 1.29 is 9.32 Å². The molecular weight excluding hydrogens is 386 g/mol. The maximum atomic E-state index is 13.4.